The van der Waals surface area contributed by atoms with E-state index in [4.69, 9.17) is 9.47 Å². The summed E-state index contributed by atoms with van der Waals surface area (Å²) >= 11 is 7.48. The van der Waals surface area contributed by atoms with Crippen LogP contribution < -0.4 is 0 Å². The second kappa shape index (κ2) is 9.34. The summed E-state index contributed by atoms with van der Waals surface area (Å²) in [5.41, 5.74) is 5.15. The Morgan fingerprint density at radius 2 is 0.917 bits per heavy atom. The van der Waals surface area contributed by atoms with Gasteiger partial charge in [0.2, 0.25) is 0 Å². The molecule has 3 aliphatic rings. The van der Waals surface area contributed by atoms with E-state index < -0.39 is 24.1 Å². The number of ether oxygens (including phenoxy) is 2. The second-order valence-electron chi connectivity index (χ2n) is 8.91. The molecule has 2 unspecified atom stereocenters. The minimum absolute atomic E-state index is 0.311. The van der Waals surface area contributed by atoms with E-state index in [0.29, 0.717) is 11.1 Å². The van der Waals surface area contributed by atoms with Crippen LogP contribution in [0.5, 0.6) is 0 Å². The lowest BCUT2D eigenvalue weighted by Crippen LogP contribution is -2.51. The molecule has 178 valence electrons. The highest BCUT2D eigenvalue weighted by Crippen LogP contribution is 2.58. The van der Waals surface area contributed by atoms with Crippen LogP contribution in [0.25, 0.3) is 0 Å². The second-order valence-corrected chi connectivity index (χ2v) is 10.6. The van der Waals surface area contributed by atoms with Crippen LogP contribution in [-0.4, -0.2) is 24.1 Å². The van der Waals surface area contributed by atoms with E-state index in [1.807, 2.05) is 36.4 Å². The third-order valence-electron chi connectivity index (χ3n) is 6.95. The Kier molecular flexibility index (Phi) is 6.02. The Labute approximate surface area is 225 Å². The molecule has 7 rings (SSSR count). The Morgan fingerprint density at radius 3 is 1.31 bits per heavy atom. The number of esters is 2. The summed E-state index contributed by atoms with van der Waals surface area (Å²) in [5, 5.41) is 0. The maximum absolute atomic E-state index is 13.3. The van der Waals surface area contributed by atoms with Crippen molar-refractivity contribution in [2.75, 3.05) is 0 Å². The maximum Gasteiger partial charge on any atom is 0.338 e. The zero-order chi connectivity index (χ0) is 24.8. The number of carbonyl (C=O) groups is 2. The average molecular weight is 604 g/mol. The van der Waals surface area contributed by atoms with E-state index in [1.165, 1.54) is 0 Å². The smallest absolute Gasteiger partial charge is 0.338 e. The van der Waals surface area contributed by atoms with Crippen molar-refractivity contribution in [1.82, 2.24) is 0 Å². The Balaban J connectivity index is 1.51. The van der Waals surface area contributed by atoms with Crippen LogP contribution in [0.2, 0.25) is 0 Å². The highest BCUT2D eigenvalue weighted by atomic mass is 79.9. The normalized spacial score (nSPS) is 21.3. The molecule has 0 saturated heterocycles. The van der Waals surface area contributed by atoms with Gasteiger partial charge in [-0.1, -0.05) is 92.5 Å². The van der Waals surface area contributed by atoms with Crippen LogP contribution in [0.15, 0.2) is 106 Å². The van der Waals surface area contributed by atoms with Crippen LogP contribution >= 0.6 is 31.9 Å². The summed E-state index contributed by atoms with van der Waals surface area (Å²) in [5.74, 6) is -1.51. The largest absolute Gasteiger partial charge is 0.454 e. The molecule has 36 heavy (non-hydrogen) atoms. The molecule has 3 aliphatic carbocycles. The van der Waals surface area contributed by atoms with Gasteiger partial charge in [0, 0.05) is 8.95 Å². The molecule has 0 saturated carbocycles. The molecule has 0 aromatic heterocycles. The van der Waals surface area contributed by atoms with Crippen molar-refractivity contribution in [2.24, 2.45) is 0 Å². The highest BCUT2D eigenvalue weighted by Gasteiger charge is 2.55. The van der Waals surface area contributed by atoms with Crippen molar-refractivity contribution >= 4 is 43.8 Å². The maximum atomic E-state index is 13.3. The summed E-state index contributed by atoms with van der Waals surface area (Å²) < 4.78 is 14.3. The highest BCUT2D eigenvalue weighted by molar-refractivity contribution is 9.10. The molecular weight excluding hydrogens is 584 g/mol. The molecule has 0 heterocycles. The Hall–Kier alpha value is -3.22. The van der Waals surface area contributed by atoms with Gasteiger partial charge in [-0.3, -0.25) is 0 Å². The minimum Gasteiger partial charge on any atom is -0.454 e. The molecular formula is C30H20Br2O4. The zero-order valence-corrected chi connectivity index (χ0v) is 22.1. The van der Waals surface area contributed by atoms with E-state index in [1.54, 1.807) is 48.5 Å². The fraction of sp³-hybridized carbons (Fsp3) is 0.133. The summed E-state index contributed by atoms with van der Waals surface area (Å²) in [6.07, 6.45) is -1.41. The lowest BCUT2D eigenvalue weighted by molar-refractivity contribution is -0.0559. The van der Waals surface area contributed by atoms with E-state index in [9.17, 15) is 9.59 Å². The van der Waals surface area contributed by atoms with Crippen molar-refractivity contribution in [3.8, 4) is 0 Å². The predicted molar refractivity (Wildman–Crippen MR) is 143 cm³/mol. The lowest BCUT2D eigenvalue weighted by atomic mass is 9.61. The third-order valence-corrected chi connectivity index (χ3v) is 8.33. The first-order chi connectivity index (χ1) is 17.5. The van der Waals surface area contributed by atoms with Gasteiger partial charge in [-0.05, 0) is 58.7 Å². The summed E-state index contributed by atoms with van der Waals surface area (Å²) in [6, 6.07) is 29.9. The fourth-order valence-electron chi connectivity index (χ4n) is 5.48. The van der Waals surface area contributed by atoms with Crippen molar-refractivity contribution in [2.45, 2.75) is 24.0 Å². The van der Waals surface area contributed by atoms with Gasteiger partial charge in [0.25, 0.3) is 0 Å². The number of benzene rings is 4. The standard InChI is InChI=1S/C30H20Br2O4/c31-21-15-8-14-20-23(21)25-19-13-7-16-22(32)24(19)26(20)28(36-30(34)18-11-5-2-6-12-18)27(25)35-29(33)17-9-3-1-4-10-17/h1-16,25-28H/t25-,26+,27?,28?. The molecule has 4 aromatic carbocycles. The minimum atomic E-state index is -0.705. The molecule has 0 aliphatic heterocycles. The van der Waals surface area contributed by atoms with Crippen molar-refractivity contribution in [1.29, 1.82) is 0 Å². The molecule has 4 nitrogen and oxygen atoms in total. The third kappa shape index (κ3) is 3.80. The van der Waals surface area contributed by atoms with E-state index in [0.717, 1.165) is 31.2 Å². The van der Waals surface area contributed by atoms with Gasteiger partial charge < -0.3 is 9.47 Å². The first-order valence-electron chi connectivity index (χ1n) is 11.6. The summed E-state index contributed by atoms with van der Waals surface area (Å²) in [4.78, 5) is 26.6. The van der Waals surface area contributed by atoms with Crippen LogP contribution in [0, 0.1) is 0 Å². The quantitative estimate of drug-likeness (QED) is 0.231. The van der Waals surface area contributed by atoms with Gasteiger partial charge in [0.1, 0.15) is 0 Å². The number of hydrogen-bond donors (Lipinski definition) is 0. The van der Waals surface area contributed by atoms with E-state index >= 15 is 0 Å². The fourth-order valence-corrected chi connectivity index (χ4v) is 6.74. The molecule has 4 aromatic rings. The lowest BCUT2D eigenvalue weighted by Gasteiger charge is -2.49. The molecule has 6 heteroatoms. The van der Waals surface area contributed by atoms with Gasteiger partial charge in [-0.25, -0.2) is 9.59 Å². The van der Waals surface area contributed by atoms with Gasteiger partial charge in [0.15, 0.2) is 12.2 Å². The van der Waals surface area contributed by atoms with Crippen molar-refractivity contribution in [3.05, 3.63) is 139 Å². The summed E-state index contributed by atoms with van der Waals surface area (Å²) in [6.45, 7) is 0. The van der Waals surface area contributed by atoms with Crippen LogP contribution in [-0.2, 0) is 9.47 Å². The molecule has 0 N–H and O–H groups in total. The molecule has 0 radical (unpaired) electrons. The monoisotopic (exact) mass is 602 g/mol. The zero-order valence-electron chi connectivity index (χ0n) is 18.9. The van der Waals surface area contributed by atoms with Crippen molar-refractivity contribution in [3.63, 3.8) is 0 Å². The Morgan fingerprint density at radius 1 is 0.528 bits per heavy atom. The van der Waals surface area contributed by atoms with Crippen LogP contribution in [0.3, 0.4) is 0 Å². The first kappa shape index (κ1) is 23.2. The van der Waals surface area contributed by atoms with Gasteiger partial charge in [0.05, 0.1) is 23.0 Å². The van der Waals surface area contributed by atoms with Gasteiger partial charge >= 0.3 is 11.9 Å². The van der Waals surface area contributed by atoms with E-state index in [2.05, 4.69) is 44.0 Å². The topological polar surface area (TPSA) is 52.6 Å². The number of rotatable bonds is 4. The number of carbonyl (C=O) groups excluding carboxylic acids is 2. The SMILES string of the molecule is O=C(OC1C(OC(=O)c2ccccc2)[C@H]2c3cccc(Br)c3[C@H]1c1cccc(Br)c12)c1ccccc1. The van der Waals surface area contributed by atoms with Gasteiger partial charge in [-0.2, -0.15) is 0 Å². The molecule has 4 atom stereocenters. The van der Waals surface area contributed by atoms with Crippen LogP contribution in [0.1, 0.15) is 54.8 Å². The van der Waals surface area contributed by atoms with Crippen LogP contribution in [0.4, 0.5) is 0 Å². The number of halogens is 2. The Bertz CT molecular complexity index is 1360. The number of fused-ring (bicyclic) bond motifs is 1. The molecule has 0 amide bonds. The van der Waals surface area contributed by atoms with E-state index in [-0.39, 0.29) is 11.8 Å². The summed E-state index contributed by atoms with van der Waals surface area (Å²) in [7, 11) is 0. The molecule has 0 fully saturated rings. The average Bonchev–Trinajstić information content (AvgIpc) is 2.91. The first-order valence-corrected chi connectivity index (χ1v) is 13.2. The predicted octanol–water partition coefficient (Wildman–Crippen LogP) is 7.25. The molecule has 2 bridgehead atoms. The molecule has 0 spiro atoms. The number of hydrogen-bond acceptors (Lipinski definition) is 4. The van der Waals surface area contributed by atoms with Crippen molar-refractivity contribution < 1.29 is 19.1 Å². The van der Waals surface area contributed by atoms with Gasteiger partial charge in [-0.15, -0.1) is 0 Å².